The summed E-state index contributed by atoms with van der Waals surface area (Å²) in [4.78, 5) is 23.5. The summed E-state index contributed by atoms with van der Waals surface area (Å²) in [6.45, 7) is 4.04. The van der Waals surface area contributed by atoms with Gasteiger partial charge in [0.25, 0.3) is 0 Å². The van der Waals surface area contributed by atoms with Crippen molar-refractivity contribution in [2.24, 2.45) is 5.92 Å². The molecule has 0 radical (unpaired) electrons. The van der Waals surface area contributed by atoms with E-state index in [0.717, 1.165) is 6.42 Å². The molecule has 1 rings (SSSR count). The average molecular weight is 214 g/mol. The second-order valence-electron chi connectivity index (χ2n) is 3.61. The molecule has 5 nitrogen and oxygen atoms in total. The van der Waals surface area contributed by atoms with Crippen LogP contribution in [0.3, 0.4) is 0 Å². The van der Waals surface area contributed by atoms with E-state index in [1.165, 1.54) is 0 Å². The lowest BCUT2D eigenvalue weighted by Gasteiger charge is -2.16. The normalized spacial score (nSPS) is 21.0. The molecule has 0 spiro atoms. The lowest BCUT2D eigenvalue weighted by atomic mass is 10.1. The molecular formula is C10H16NO4-. The molecule has 15 heavy (non-hydrogen) atoms. The van der Waals surface area contributed by atoms with Gasteiger partial charge in [-0.1, -0.05) is 0 Å². The number of likely N-dealkylation sites (tertiary alicyclic amines) is 1. The molecule has 0 aromatic heterocycles. The summed E-state index contributed by atoms with van der Waals surface area (Å²) in [7, 11) is 0. The van der Waals surface area contributed by atoms with Gasteiger partial charge < -0.3 is 19.5 Å². The number of carboxylic acid groups (broad SMARTS) is 1. The van der Waals surface area contributed by atoms with E-state index in [2.05, 4.69) is 0 Å². The van der Waals surface area contributed by atoms with Crippen LogP contribution in [0.1, 0.15) is 19.8 Å². The van der Waals surface area contributed by atoms with E-state index in [1.807, 2.05) is 6.92 Å². The Kier molecular flexibility index (Phi) is 4.55. The molecule has 0 aromatic carbocycles. The summed E-state index contributed by atoms with van der Waals surface area (Å²) in [5, 5.41) is 10.6. The van der Waals surface area contributed by atoms with E-state index in [0.29, 0.717) is 19.8 Å². The highest BCUT2D eigenvalue weighted by molar-refractivity contribution is 5.85. The fourth-order valence-electron chi connectivity index (χ4n) is 1.65. The Hall–Kier alpha value is -1.10. The lowest BCUT2D eigenvalue weighted by Crippen LogP contribution is -2.34. The largest absolute Gasteiger partial charge is 0.550 e. The molecule has 0 aliphatic carbocycles. The predicted molar refractivity (Wildman–Crippen MR) is 50.8 cm³/mol. The Morgan fingerprint density at radius 3 is 2.93 bits per heavy atom. The smallest absolute Gasteiger partial charge is 0.223 e. The van der Waals surface area contributed by atoms with Crippen LogP contribution in [0.15, 0.2) is 0 Å². The monoisotopic (exact) mass is 214 g/mol. The van der Waals surface area contributed by atoms with Gasteiger partial charge in [0.2, 0.25) is 5.91 Å². The highest BCUT2D eigenvalue weighted by atomic mass is 16.5. The summed E-state index contributed by atoms with van der Waals surface area (Å²) in [5.74, 6) is -1.86. The zero-order valence-corrected chi connectivity index (χ0v) is 8.90. The molecule has 1 aliphatic heterocycles. The number of ether oxygens (including phenoxy) is 1. The van der Waals surface area contributed by atoms with Crippen LogP contribution < -0.4 is 5.11 Å². The van der Waals surface area contributed by atoms with E-state index in [1.54, 1.807) is 4.90 Å². The summed E-state index contributed by atoms with van der Waals surface area (Å²) < 4.78 is 5.14. The SMILES string of the molecule is CCOCCCN1C[C@H](C(=O)[O-])CC1=O. The van der Waals surface area contributed by atoms with Gasteiger partial charge in [-0.15, -0.1) is 0 Å². The third-order valence-electron chi connectivity index (χ3n) is 2.47. The summed E-state index contributed by atoms with van der Waals surface area (Å²) in [5.41, 5.74) is 0. The molecule has 0 unspecified atom stereocenters. The standard InChI is InChI=1S/C10H17NO4/c1-2-15-5-3-4-11-7-8(10(13)14)6-9(11)12/h8H,2-7H2,1H3,(H,13,14)/p-1/t8-/m1/s1. The number of aliphatic carboxylic acids is 1. The molecule has 1 saturated heterocycles. The van der Waals surface area contributed by atoms with Gasteiger partial charge in [0.1, 0.15) is 0 Å². The van der Waals surface area contributed by atoms with E-state index in [-0.39, 0.29) is 18.9 Å². The highest BCUT2D eigenvalue weighted by Crippen LogP contribution is 2.16. The molecule has 1 atom stereocenters. The molecule has 1 amide bonds. The molecule has 0 N–H and O–H groups in total. The Morgan fingerprint density at radius 2 is 2.40 bits per heavy atom. The quantitative estimate of drug-likeness (QED) is 0.532. The molecular weight excluding hydrogens is 198 g/mol. The van der Waals surface area contributed by atoms with Crippen molar-refractivity contribution in [1.29, 1.82) is 0 Å². The van der Waals surface area contributed by atoms with Gasteiger partial charge in [-0.05, 0) is 13.3 Å². The summed E-state index contributed by atoms with van der Waals surface area (Å²) >= 11 is 0. The molecule has 1 heterocycles. The second-order valence-corrected chi connectivity index (χ2v) is 3.61. The molecule has 1 aliphatic rings. The topological polar surface area (TPSA) is 69.7 Å². The van der Waals surface area contributed by atoms with Crippen LogP contribution in [0.2, 0.25) is 0 Å². The predicted octanol–water partition coefficient (Wildman–Crippen LogP) is -0.989. The molecule has 1 fully saturated rings. The third-order valence-corrected chi connectivity index (χ3v) is 2.47. The number of hydrogen-bond donors (Lipinski definition) is 0. The average Bonchev–Trinajstić information content (AvgIpc) is 2.55. The van der Waals surface area contributed by atoms with Crippen LogP contribution in [0.5, 0.6) is 0 Å². The number of carbonyl (C=O) groups is 2. The van der Waals surface area contributed by atoms with Crippen LogP contribution in [0.4, 0.5) is 0 Å². The first-order valence-corrected chi connectivity index (χ1v) is 5.21. The molecule has 86 valence electrons. The van der Waals surface area contributed by atoms with Gasteiger partial charge in [-0.3, -0.25) is 4.79 Å². The molecule has 0 saturated carbocycles. The van der Waals surface area contributed by atoms with Crippen molar-refractivity contribution in [2.75, 3.05) is 26.3 Å². The molecule has 0 bridgehead atoms. The van der Waals surface area contributed by atoms with Crippen LogP contribution in [-0.4, -0.2) is 43.1 Å². The molecule has 0 aromatic rings. The van der Waals surface area contributed by atoms with Crippen molar-refractivity contribution >= 4 is 11.9 Å². The minimum atomic E-state index is -1.13. The minimum Gasteiger partial charge on any atom is -0.550 e. The van der Waals surface area contributed by atoms with Crippen molar-refractivity contribution in [1.82, 2.24) is 4.90 Å². The number of nitrogens with zero attached hydrogens (tertiary/aromatic N) is 1. The Labute approximate surface area is 89.0 Å². The van der Waals surface area contributed by atoms with Crippen molar-refractivity contribution < 1.29 is 19.4 Å². The zero-order chi connectivity index (χ0) is 11.3. The van der Waals surface area contributed by atoms with Crippen molar-refractivity contribution in [2.45, 2.75) is 19.8 Å². The first-order chi connectivity index (χ1) is 7.15. The van der Waals surface area contributed by atoms with Crippen LogP contribution in [0.25, 0.3) is 0 Å². The van der Waals surface area contributed by atoms with E-state index >= 15 is 0 Å². The number of carbonyl (C=O) groups excluding carboxylic acids is 2. The fourth-order valence-corrected chi connectivity index (χ4v) is 1.65. The summed E-state index contributed by atoms with van der Waals surface area (Å²) in [6.07, 6.45) is 0.830. The van der Waals surface area contributed by atoms with Crippen LogP contribution in [-0.2, 0) is 14.3 Å². The van der Waals surface area contributed by atoms with Crippen molar-refractivity contribution in [3.8, 4) is 0 Å². The van der Waals surface area contributed by atoms with Gasteiger partial charge in [0.15, 0.2) is 0 Å². The summed E-state index contributed by atoms with van der Waals surface area (Å²) in [6, 6.07) is 0. The van der Waals surface area contributed by atoms with Gasteiger partial charge in [0, 0.05) is 44.6 Å². The maximum Gasteiger partial charge on any atom is 0.223 e. The molecule has 5 heteroatoms. The maximum atomic E-state index is 11.3. The minimum absolute atomic E-state index is 0.0803. The van der Waals surface area contributed by atoms with Crippen LogP contribution >= 0.6 is 0 Å². The van der Waals surface area contributed by atoms with Gasteiger partial charge >= 0.3 is 0 Å². The lowest BCUT2D eigenvalue weighted by molar-refractivity contribution is -0.311. The van der Waals surface area contributed by atoms with Gasteiger partial charge in [0.05, 0.1) is 0 Å². The number of rotatable bonds is 6. The van der Waals surface area contributed by atoms with Crippen LogP contribution in [0, 0.1) is 5.92 Å². The van der Waals surface area contributed by atoms with E-state index < -0.39 is 11.9 Å². The Balaban J connectivity index is 2.25. The number of carboxylic acids is 1. The van der Waals surface area contributed by atoms with E-state index in [9.17, 15) is 14.7 Å². The second kappa shape index (κ2) is 5.70. The number of hydrogen-bond acceptors (Lipinski definition) is 4. The first-order valence-electron chi connectivity index (χ1n) is 5.21. The maximum absolute atomic E-state index is 11.3. The van der Waals surface area contributed by atoms with Gasteiger partial charge in [-0.25, -0.2) is 0 Å². The highest BCUT2D eigenvalue weighted by Gasteiger charge is 2.29. The third kappa shape index (κ3) is 3.51. The zero-order valence-electron chi connectivity index (χ0n) is 8.90. The Bertz CT molecular complexity index is 242. The fraction of sp³-hybridized carbons (Fsp3) is 0.800. The van der Waals surface area contributed by atoms with Crippen molar-refractivity contribution in [3.63, 3.8) is 0 Å². The Morgan fingerprint density at radius 1 is 1.67 bits per heavy atom. The van der Waals surface area contributed by atoms with Crippen molar-refractivity contribution in [3.05, 3.63) is 0 Å². The number of amides is 1. The first kappa shape index (κ1) is 12.0. The van der Waals surface area contributed by atoms with E-state index in [4.69, 9.17) is 4.74 Å². The van der Waals surface area contributed by atoms with Gasteiger partial charge in [-0.2, -0.15) is 0 Å².